The Kier molecular flexibility index (Phi) is 7.32. The highest BCUT2D eigenvalue weighted by atomic mass is 19.1. The quantitative estimate of drug-likeness (QED) is 0.456. The lowest BCUT2D eigenvalue weighted by atomic mass is 10.1. The van der Waals surface area contributed by atoms with Gasteiger partial charge < -0.3 is 26.0 Å². The summed E-state index contributed by atoms with van der Waals surface area (Å²) in [6.45, 7) is 1.68. The first-order chi connectivity index (χ1) is 14.9. The van der Waals surface area contributed by atoms with Crippen molar-refractivity contribution in [3.8, 4) is 5.75 Å². The number of nitrogens with zero attached hydrogens (tertiary/aromatic N) is 3. The van der Waals surface area contributed by atoms with Gasteiger partial charge in [0.15, 0.2) is 0 Å². The summed E-state index contributed by atoms with van der Waals surface area (Å²) in [6, 6.07) is 9.48. The first kappa shape index (κ1) is 22.4. The van der Waals surface area contributed by atoms with E-state index < -0.39 is 5.91 Å². The number of fused-ring (bicyclic) bond motifs is 1. The van der Waals surface area contributed by atoms with Gasteiger partial charge in [0.05, 0.1) is 17.1 Å². The minimum atomic E-state index is -0.607. The van der Waals surface area contributed by atoms with E-state index in [-0.39, 0.29) is 17.4 Å². The molecule has 0 saturated carbocycles. The van der Waals surface area contributed by atoms with Crippen LogP contribution in [-0.2, 0) is 0 Å². The maximum Gasteiger partial charge on any atom is 0.251 e. The number of amides is 1. The molecule has 3 aromatic rings. The lowest BCUT2D eigenvalue weighted by molar-refractivity contribution is 0.100. The molecule has 0 saturated heterocycles. The normalized spacial score (nSPS) is 12.2. The summed E-state index contributed by atoms with van der Waals surface area (Å²) in [6.07, 6.45) is 1.37. The summed E-state index contributed by atoms with van der Waals surface area (Å²) in [7, 11) is 5.71. The number of ether oxygens (including phenoxy) is 1. The zero-order valence-corrected chi connectivity index (χ0v) is 17.9. The molecule has 1 amide bonds. The first-order valence-electron chi connectivity index (χ1n) is 9.91. The monoisotopic (exact) mass is 426 g/mol. The summed E-state index contributed by atoms with van der Waals surface area (Å²) in [4.78, 5) is 22.7. The number of hydrogen-bond donors (Lipinski definition) is 3. The van der Waals surface area contributed by atoms with Gasteiger partial charge >= 0.3 is 0 Å². The molecule has 8 nitrogen and oxygen atoms in total. The third-order valence-corrected chi connectivity index (χ3v) is 4.76. The van der Waals surface area contributed by atoms with Crippen molar-refractivity contribution < 1.29 is 13.9 Å². The van der Waals surface area contributed by atoms with Crippen LogP contribution in [-0.4, -0.2) is 61.6 Å². The van der Waals surface area contributed by atoms with Crippen molar-refractivity contribution in [2.24, 2.45) is 5.73 Å². The number of likely N-dealkylation sites (N-methyl/N-ethyl adjacent to an activating group) is 2. The van der Waals surface area contributed by atoms with Crippen molar-refractivity contribution in [2.75, 3.05) is 46.2 Å². The zero-order chi connectivity index (χ0) is 22.4. The average Bonchev–Trinajstić information content (AvgIpc) is 2.73. The number of carbonyl (C=O) groups excluding carboxylic acids is 1. The van der Waals surface area contributed by atoms with Crippen LogP contribution >= 0.6 is 0 Å². The van der Waals surface area contributed by atoms with E-state index in [0.29, 0.717) is 42.2 Å². The number of rotatable bonds is 10. The molecule has 0 aliphatic rings. The summed E-state index contributed by atoms with van der Waals surface area (Å²) in [5, 5.41) is 7.03. The van der Waals surface area contributed by atoms with E-state index >= 15 is 0 Å². The number of halogens is 1. The third kappa shape index (κ3) is 5.65. The molecule has 9 heteroatoms. The number of hydrogen-bond acceptors (Lipinski definition) is 7. The molecule has 0 bridgehead atoms. The van der Waals surface area contributed by atoms with Gasteiger partial charge in [-0.15, -0.1) is 0 Å². The standard InChI is InChI=1S/C22H27FN6O2/c1-25-12-19(14-5-4-6-15(23)9-14)28-22-18-11-16(31-8-7-29(2)3)10-17(21(24)30)20(18)26-13-27-22/h4-6,9-11,13,19,25H,7-8,12H2,1-3H3,(H2,24,30)(H,26,27,28). The molecule has 0 spiro atoms. The number of carbonyl (C=O) groups is 1. The highest BCUT2D eigenvalue weighted by molar-refractivity contribution is 6.07. The number of anilines is 1. The maximum absolute atomic E-state index is 13.8. The van der Waals surface area contributed by atoms with Crippen LogP contribution in [0.5, 0.6) is 5.75 Å². The highest BCUT2D eigenvalue weighted by Gasteiger charge is 2.18. The Morgan fingerprint density at radius 3 is 2.74 bits per heavy atom. The van der Waals surface area contributed by atoms with Crippen LogP contribution in [0.4, 0.5) is 10.2 Å². The Morgan fingerprint density at radius 2 is 2.06 bits per heavy atom. The van der Waals surface area contributed by atoms with Crippen LogP contribution in [0, 0.1) is 5.82 Å². The maximum atomic E-state index is 13.8. The van der Waals surface area contributed by atoms with Gasteiger partial charge in [0, 0.05) is 18.5 Å². The van der Waals surface area contributed by atoms with Crippen molar-refractivity contribution in [1.82, 2.24) is 20.2 Å². The molecular formula is C22H27FN6O2. The van der Waals surface area contributed by atoms with Gasteiger partial charge in [-0.2, -0.15) is 0 Å². The topological polar surface area (TPSA) is 105 Å². The lowest BCUT2D eigenvalue weighted by Crippen LogP contribution is -2.24. The average molecular weight is 426 g/mol. The van der Waals surface area contributed by atoms with E-state index in [1.165, 1.54) is 18.5 Å². The zero-order valence-electron chi connectivity index (χ0n) is 17.9. The van der Waals surface area contributed by atoms with Gasteiger partial charge in [-0.1, -0.05) is 12.1 Å². The summed E-state index contributed by atoms with van der Waals surface area (Å²) in [5.74, 6) is 0.0668. The van der Waals surface area contributed by atoms with Gasteiger partial charge in [-0.3, -0.25) is 4.79 Å². The molecule has 1 atom stereocenters. The first-order valence-corrected chi connectivity index (χ1v) is 9.91. The Bertz CT molecular complexity index is 1060. The Labute approximate surface area is 180 Å². The fourth-order valence-corrected chi connectivity index (χ4v) is 3.22. The van der Waals surface area contributed by atoms with E-state index in [1.807, 2.05) is 32.1 Å². The largest absolute Gasteiger partial charge is 0.492 e. The third-order valence-electron chi connectivity index (χ3n) is 4.76. The summed E-state index contributed by atoms with van der Waals surface area (Å²) in [5.41, 5.74) is 7.03. The van der Waals surface area contributed by atoms with E-state index in [1.54, 1.807) is 18.2 Å². The predicted molar refractivity (Wildman–Crippen MR) is 119 cm³/mol. The van der Waals surface area contributed by atoms with Crippen molar-refractivity contribution in [3.05, 3.63) is 59.7 Å². The minimum Gasteiger partial charge on any atom is -0.492 e. The fraction of sp³-hybridized carbons (Fsp3) is 0.318. The van der Waals surface area contributed by atoms with Gasteiger partial charge in [-0.25, -0.2) is 14.4 Å². The minimum absolute atomic E-state index is 0.249. The lowest BCUT2D eigenvalue weighted by Gasteiger charge is -2.21. The molecule has 0 aliphatic carbocycles. The van der Waals surface area contributed by atoms with Crippen LogP contribution in [0.2, 0.25) is 0 Å². The Balaban J connectivity index is 2.02. The molecule has 1 aromatic heterocycles. The van der Waals surface area contributed by atoms with Crippen LogP contribution < -0.4 is 21.1 Å². The molecule has 3 rings (SSSR count). The van der Waals surface area contributed by atoms with Crippen molar-refractivity contribution >= 4 is 22.6 Å². The Morgan fingerprint density at radius 1 is 1.26 bits per heavy atom. The molecule has 1 unspecified atom stereocenters. The van der Waals surface area contributed by atoms with Crippen LogP contribution in [0.3, 0.4) is 0 Å². The smallest absolute Gasteiger partial charge is 0.251 e. The van der Waals surface area contributed by atoms with E-state index in [9.17, 15) is 9.18 Å². The molecule has 1 heterocycles. The molecule has 31 heavy (non-hydrogen) atoms. The second kappa shape index (κ2) is 10.1. The molecule has 0 radical (unpaired) electrons. The van der Waals surface area contributed by atoms with Crippen LogP contribution in [0.25, 0.3) is 10.9 Å². The van der Waals surface area contributed by atoms with Gasteiger partial charge in [0.1, 0.15) is 30.3 Å². The van der Waals surface area contributed by atoms with Crippen molar-refractivity contribution in [2.45, 2.75) is 6.04 Å². The molecule has 0 fully saturated rings. The number of nitrogens with two attached hydrogens (primary N) is 1. The second-order valence-electron chi connectivity index (χ2n) is 7.41. The van der Waals surface area contributed by atoms with Gasteiger partial charge in [0.2, 0.25) is 0 Å². The summed E-state index contributed by atoms with van der Waals surface area (Å²) >= 11 is 0. The van der Waals surface area contributed by atoms with Gasteiger partial charge in [-0.05, 0) is 51.0 Å². The number of aromatic nitrogens is 2. The number of primary amides is 1. The second-order valence-corrected chi connectivity index (χ2v) is 7.41. The van der Waals surface area contributed by atoms with Crippen LogP contribution in [0.1, 0.15) is 22.0 Å². The molecular weight excluding hydrogens is 399 g/mol. The Hall–Kier alpha value is -3.30. The highest BCUT2D eigenvalue weighted by Crippen LogP contribution is 2.30. The number of benzene rings is 2. The van der Waals surface area contributed by atoms with E-state index in [0.717, 1.165) is 5.56 Å². The molecule has 164 valence electrons. The van der Waals surface area contributed by atoms with E-state index in [2.05, 4.69) is 20.6 Å². The molecule has 4 N–H and O–H groups in total. The van der Waals surface area contributed by atoms with Crippen molar-refractivity contribution in [3.63, 3.8) is 0 Å². The SMILES string of the molecule is CNCC(Nc1ncnc2c(C(N)=O)cc(OCCN(C)C)cc12)c1cccc(F)c1. The van der Waals surface area contributed by atoms with Gasteiger partial charge in [0.25, 0.3) is 5.91 Å². The van der Waals surface area contributed by atoms with Crippen molar-refractivity contribution in [1.29, 1.82) is 0 Å². The van der Waals surface area contributed by atoms with Crippen LogP contribution in [0.15, 0.2) is 42.7 Å². The summed E-state index contributed by atoms with van der Waals surface area (Å²) < 4.78 is 19.6. The fourth-order valence-electron chi connectivity index (χ4n) is 3.22. The molecule has 0 aliphatic heterocycles. The predicted octanol–water partition coefficient (Wildman–Crippen LogP) is 2.18. The number of nitrogens with one attached hydrogen (secondary N) is 2. The van der Waals surface area contributed by atoms with E-state index in [4.69, 9.17) is 10.5 Å². The molecule has 2 aromatic carbocycles.